The molecule has 4 N–H and O–H groups in total. The van der Waals surface area contributed by atoms with Crippen LogP contribution in [-0.2, 0) is 9.53 Å². The number of hydrogen-bond donors (Lipinski definition) is 2. The van der Waals surface area contributed by atoms with Crippen LogP contribution in [0.15, 0.2) is 42.6 Å². The Bertz CT molecular complexity index is 861. The molecule has 0 bridgehead atoms. The molecular formula is C19H21FN4O4. The van der Waals surface area contributed by atoms with Gasteiger partial charge in [-0.3, -0.25) is 9.59 Å². The molecule has 2 aromatic rings. The van der Waals surface area contributed by atoms with Crippen LogP contribution in [0.4, 0.5) is 10.2 Å². The molecule has 0 saturated carbocycles. The molecule has 148 valence electrons. The number of nitrogens with two attached hydrogens (primary N) is 2. The van der Waals surface area contributed by atoms with Gasteiger partial charge >= 0.3 is 0 Å². The number of morpholine rings is 1. The number of ether oxygens (including phenoxy) is 2. The normalized spacial score (nSPS) is 19.2. The zero-order chi connectivity index (χ0) is 20.1. The second-order valence-electron chi connectivity index (χ2n) is 6.58. The number of hydrogen-bond acceptors (Lipinski definition) is 6. The van der Waals surface area contributed by atoms with Gasteiger partial charge in [0.2, 0.25) is 5.91 Å². The van der Waals surface area contributed by atoms with E-state index in [1.807, 2.05) is 0 Å². The van der Waals surface area contributed by atoms with Crippen LogP contribution in [0, 0.1) is 5.82 Å². The summed E-state index contributed by atoms with van der Waals surface area (Å²) in [5.74, 6) is -0.753. The van der Waals surface area contributed by atoms with E-state index in [0.29, 0.717) is 12.3 Å². The molecule has 0 aliphatic carbocycles. The van der Waals surface area contributed by atoms with Crippen LogP contribution in [0.25, 0.3) is 0 Å². The standard InChI is InChI=1S/C19H21FN4O4/c20-13-3-5-14(6-4-13)27-12-19(10-16(21)25)11-24(8-9-28-19)18(26)15-2-1-7-23-17(15)22/h1-7H,8-12H2,(H2,21,25)(H2,22,23)/t19-/m0/s1. The molecule has 8 nitrogen and oxygen atoms in total. The first-order valence-electron chi connectivity index (χ1n) is 8.69. The monoisotopic (exact) mass is 388 g/mol. The zero-order valence-electron chi connectivity index (χ0n) is 15.1. The molecular weight excluding hydrogens is 367 g/mol. The van der Waals surface area contributed by atoms with Crippen LogP contribution in [0.2, 0.25) is 0 Å². The maximum atomic E-state index is 13.1. The van der Waals surface area contributed by atoms with Crippen LogP contribution in [0.3, 0.4) is 0 Å². The lowest BCUT2D eigenvalue weighted by molar-refractivity contribution is -0.142. The predicted molar refractivity (Wildman–Crippen MR) is 98.9 cm³/mol. The number of halogens is 1. The Kier molecular flexibility index (Phi) is 5.74. The zero-order valence-corrected chi connectivity index (χ0v) is 15.1. The largest absolute Gasteiger partial charge is 0.490 e. The first-order chi connectivity index (χ1) is 13.4. The fourth-order valence-corrected chi connectivity index (χ4v) is 3.10. The quantitative estimate of drug-likeness (QED) is 0.761. The molecule has 2 amide bonds. The lowest BCUT2D eigenvalue weighted by Gasteiger charge is -2.42. The lowest BCUT2D eigenvalue weighted by Crippen LogP contribution is -2.58. The van der Waals surface area contributed by atoms with Crippen molar-refractivity contribution < 1.29 is 23.5 Å². The van der Waals surface area contributed by atoms with Crippen LogP contribution in [0.5, 0.6) is 5.75 Å². The van der Waals surface area contributed by atoms with Gasteiger partial charge < -0.3 is 25.8 Å². The lowest BCUT2D eigenvalue weighted by atomic mass is 9.97. The molecule has 0 radical (unpaired) electrons. The van der Waals surface area contributed by atoms with Gasteiger partial charge in [0.25, 0.3) is 5.91 Å². The number of amides is 2. The molecule has 3 rings (SSSR count). The number of benzene rings is 1. The minimum atomic E-state index is -1.12. The molecule has 28 heavy (non-hydrogen) atoms. The topological polar surface area (TPSA) is 121 Å². The van der Waals surface area contributed by atoms with E-state index in [2.05, 4.69) is 4.98 Å². The van der Waals surface area contributed by atoms with Gasteiger partial charge in [-0.2, -0.15) is 0 Å². The highest BCUT2D eigenvalue weighted by Crippen LogP contribution is 2.26. The fourth-order valence-electron chi connectivity index (χ4n) is 3.10. The summed E-state index contributed by atoms with van der Waals surface area (Å²) < 4.78 is 24.6. The second kappa shape index (κ2) is 8.22. The number of carbonyl (C=O) groups is 2. The highest BCUT2D eigenvalue weighted by molar-refractivity contribution is 5.98. The SMILES string of the molecule is NC(=O)C[C@@]1(COc2ccc(F)cc2)CN(C(=O)c2cccnc2N)CCO1. The van der Waals surface area contributed by atoms with Gasteiger partial charge in [-0.25, -0.2) is 9.37 Å². The second-order valence-corrected chi connectivity index (χ2v) is 6.58. The molecule has 1 aromatic carbocycles. The Hall–Kier alpha value is -3.20. The summed E-state index contributed by atoms with van der Waals surface area (Å²) in [4.78, 5) is 30.0. The van der Waals surface area contributed by atoms with Crippen LogP contribution in [0.1, 0.15) is 16.8 Å². The van der Waals surface area contributed by atoms with Crippen molar-refractivity contribution in [2.24, 2.45) is 5.73 Å². The Morgan fingerprint density at radius 3 is 2.71 bits per heavy atom. The van der Waals surface area contributed by atoms with Crippen molar-refractivity contribution in [1.82, 2.24) is 9.88 Å². The Morgan fingerprint density at radius 2 is 2.04 bits per heavy atom. The van der Waals surface area contributed by atoms with Gasteiger partial charge in [0.05, 0.1) is 25.1 Å². The van der Waals surface area contributed by atoms with Crippen molar-refractivity contribution in [3.05, 3.63) is 54.0 Å². The number of nitrogens with zero attached hydrogens (tertiary/aromatic N) is 2. The summed E-state index contributed by atoms with van der Waals surface area (Å²) >= 11 is 0. The number of pyridine rings is 1. The van der Waals surface area contributed by atoms with Crippen molar-refractivity contribution in [2.75, 3.05) is 32.0 Å². The molecule has 1 aliphatic heterocycles. The average molecular weight is 388 g/mol. The predicted octanol–water partition coefficient (Wildman–Crippen LogP) is 0.968. The summed E-state index contributed by atoms with van der Waals surface area (Å²) in [6.07, 6.45) is 1.36. The highest BCUT2D eigenvalue weighted by atomic mass is 19.1. The van der Waals surface area contributed by atoms with Gasteiger partial charge in [0.15, 0.2) is 0 Å². The van der Waals surface area contributed by atoms with Crippen LogP contribution < -0.4 is 16.2 Å². The van der Waals surface area contributed by atoms with Gasteiger partial charge in [0, 0.05) is 12.7 Å². The number of rotatable bonds is 6. The van der Waals surface area contributed by atoms with E-state index in [1.54, 1.807) is 12.1 Å². The molecule has 1 fully saturated rings. The molecule has 0 spiro atoms. The third kappa shape index (κ3) is 4.55. The Morgan fingerprint density at radius 1 is 1.29 bits per heavy atom. The summed E-state index contributed by atoms with van der Waals surface area (Å²) in [6, 6.07) is 8.67. The number of carbonyl (C=O) groups excluding carboxylic acids is 2. The van der Waals surface area contributed by atoms with Crippen molar-refractivity contribution in [3.63, 3.8) is 0 Å². The summed E-state index contributed by atoms with van der Waals surface area (Å²) in [5.41, 5.74) is 10.4. The van der Waals surface area contributed by atoms with Crippen molar-refractivity contribution in [3.8, 4) is 5.75 Å². The molecule has 1 aliphatic rings. The molecule has 0 unspecified atom stereocenters. The summed E-state index contributed by atoms with van der Waals surface area (Å²) in [6.45, 7) is 0.578. The third-order valence-electron chi connectivity index (χ3n) is 4.42. The van der Waals surface area contributed by atoms with Crippen molar-refractivity contribution >= 4 is 17.6 Å². The first-order valence-corrected chi connectivity index (χ1v) is 8.69. The maximum Gasteiger partial charge on any atom is 0.257 e. The molecule has 1 saturated heterocycles. The van der Waals surface area contributed by atoms with Gasteiger partial charge in [-0.15, -0.1) is 0 Å². The van der Waals surface area contributed by atoms with Gasteiger partial charge in [-0.1, -0.05) is 0 Å². The average Bonchev–Trinajstić information content (AvgIpc) is 2.67. The number of nitrogen functional groups attached to an aromatic ring is 1. The van der Waals surface area contributed by atoms with Gasteiger partial charge in [-0.05, 0) is 36.4 Å². The molecule has 1 atom stereocenters. The van der Waals surface area contributed by atoms with Gasteiger partial charge in [0.1, 0.15) is 29.6 Å². The van der Waals surface area contributed by atoms with Crippen molar-refractivity contribution in [1.29, 1.82) is 0 Å². The molecule has 9 heteroatoms. The fraction of sp³-hybridized carbons (Fsp3) is 0.316. The van der Waals surface area contributed by atoms with E-state index in [4.69, 9.17) is 20.9 Å². The minimum absolute atomic E-state index is 0.0339. The highest BCUT2D eigenvalue weighted by Gasteiger charge is 2.41. The maximum absolute atomic E-state index is 13.1. The third-order valence-corrected chi connectivity index (χ3v) is 4.42. The number of anilines is 1. The first kappa shape index (κ1) is 19.6. The van der Waals surface area contributed by atoms with Crippen molar-refractivity contribution in [2.45, 2.75) is 12.0 Å². The van der Waals surface area contributed by atoms with E-state index in [1.165, 1.54) is 35.4 Å². The van der Waals surface area contributed by atoms with E-state index in [9.17, 15) is 14.0 Å². The minimum Gasteiger partial charge on any atom is -0.490 e. The Labute approximate surface area is 161 Å². The number of primary amides is 1. The van der Waals surface area contributed by atoms with E-state index in [-0.39, 0.29) is 49.3 Å². The van der Waals surface area contributed by atoms with E-state index < -0.39 is 11.5 Å². The summed E-state index contributed by atoms with van der Waals surface area (Å²) in [5, 5.41) is 0. The van der Waals surface area contributed by atoms with Crippen LogP contribution >= 0.6 is 0 Å². The van der Waals surface area contributed by atoms with E-state index in [0.717, 1.165) is 0 Å². The smallest absolute Gasteiger partial charge is 0.257 e. The number of aromatic nitrogens is 1. The van der Waals surface area contributed by atoms with Crippen LogP contribution in [-0.4, -0.2) is 53.6 Å². The Balaban J connectivity index is 1.77. The molecule has 1 aromatic heterocycles. The summed E-state index contributed by atoms with van der Waals surface area (Å²) in [7, 11) is 0. The van der Waals surface area contributed by atoms with E-state index >= 15 is 0 Å². The molecule has 2 heterocycles.